The second kappa shape index (κ2) is 12.7. The first-order chi connectivity index (χ1) is 19.6. The van der Waals surface area contributed by atoms with E-state index in [4.69, 9.17) is 11.6 Å². The predicted octanol–water partition coefficient (Wildman–Crippen LogP) is 8.75. The van der Waals surface area contributed by atoms with Crippen LogP contribution in [0, 0.1) is 0 Å². The molecule has 0 radical (unpaired) electrons. The number of aromatic amines is 1. The number of carbonyl (C=O) groups excluding carboxylic acids is 1. The lowest BCUT2D eigenvalue weighted by Crippen LogP contribution is -2.29. The van der Waals surface area contributed by atoms with E-state index in [0.29, 0.717) is 28.1 Å². The van der Waals surface area contributed by atoms with Crippen LogP contribution in [0.2, 0.25) is 0 Å². The number of para-hydroxylation sites is 2. The Labute approximate surface area is 240 Å². The topological polar surface area (TPSA) is 78.0 Å². The number of nitrogens with zero attached hydrogens (tertiary/aromatic N) is 1. The summed E-state index contributed by atoms with van der Waals surface area (Å²) in [4.78, 5) is 21.1. The molecule has 4 aromatic rings. The molecule has 3 N–H and O–H groups in total. The van der Waals surface area contributed by atoms with Crippen molar-refractivity contribution in [2.45, 2.75) is 25.1 Å². The third-order valence-corrected chi connectivity index (χ3v) is 6.59. The molecule has 1 unspecified atom stereocenters. The molecule has 1 atom stereocenters. The van der Waals surface area contributed by atoms with Crippen molar-refractivity contribution in [3.63, 3.8) is 0 Å². The summed E-state index contributed by atoms with van der Waals surface area (Å²) in [5.74, 6) is -0.402. The van der Waals surface area contributed by atoms with E-state index in [1.165, 1.54) is 17.7 Å². The number of hydrogen-bond acceptors (Lipinski definition) is 3. The van der Waals surface area contributed by atoms with Crippen molar-refractivity contribution in [3.05, 3.63) is 132 Å². The maximum Gasteiger partial charge on any atom is 0.389 e. The molecule has 4 rings (SSSR count). The molecule has 1 aromatic heterocycles. The lowest BCUT2D eigenvalue weighted by molar-refractivity contribution is -0.136. The number of rotatable bonds is 10. The molecule has 0 aliphatic carbocycles. The van der Waals surface area contributed by atoms with Crippen LogP contribution in [-0.4, -0.2) is 27.2 Å². The molecular formula is C32H27ClF3N3O2. The summed E-state index contributed by atoms with van der Waals surface area (Å²) in [6.07, 6.45) is -2.44. The fourth-order valence-corrected chi connectivity index (χ4v) is 4.50. The van der Waals surface area contributed by atoms with E-state index in [1.54, 1.807) is 48.6 Å². The van der Waals surface area contributed by atoms with Gasteiger partial charge in [0.2, 0.25) is 0 Å². The van der Waals surface area contributed by atoms with Gasteiger partial charge in [-0.25, -0.2) is 4.98 Å². The maximum atomic E-state index is 13.2. The van der Waals surface area contributed by atoms with Crippen LogP contribution in [0.4, 0.5) is 13.2 Å². The summed E-state index contributed by atoms with van der Waals surface area (Å²) >= 11 is 5.79. The largest absolute Gasteiger partial charge is 0.508 e. The fraction of sp³-hybridized carbons (Fsp3) is 0.125. The number of imidazole rings is 1. The molecule has 3 aromatic carbocycles. The smallest absolute Gasteiger partial charge is 0.389 e. The number of H-pyrrole nitrogens is 1. The molecule has 1 amide bonds. The van der Waals surface area contributed by atoms with Crippen LogP contribution >= 0.6 is 11.6 Å². The van der Waals surface area contributed by atoms with Gasteiger partial charge < -0.3 is 15.4 Å². The van der Waals surface area contributed by atoms with Crippen LogP contribution in [0.3, 0.4) is 0 Å². The first-order valence-electron chi connectivity index (χ1n) is 12.6. The first-order valence-corrected chi connectivity index (χ1v) is 13.1. The lowest BCUT2D eigenvalue weighted by Gasteiger charge is -2.21. The SMILES string of the molecule is C=C(O)c1cc(C(=O)NC(CCC(F)(F)F)c2ccccc2)ccc1C(=C)/C(=C\C=C/Cl)c1nc2ccccc2[nH]1. The number of hydrogen-bond donors (Lipinski definition) is 3. The van der Waals surface area contributed by atoms with Gasteiger partial charge in [0.25, 0.3) is 5.91 Å². The summed E-state index contributed by atoms with van der Waals surface area (Å²) in [5, 5.41) is 13.2. The highest BCUT2D eigenvalue weighted by Crippen LogP contribution is 2.34. The van der Waals surface area contributed by atoms with E-state index < -0.39 is 24.5 Å². The Morgan fingerprint density at radius 3 is 2.41 bits per heavy atom. The van der Waals surface area contributed by atoms with E-state index in [1.807, 2.05) is 24.3 Å². The zero-order chi connectivity index (χ0) is 29.6. The second-order valence-corrected chi connectivity index (χ2v) is 9.53. The second-order valence-electron chi connectivity index (χ2n) is 9.28. The normalized spacial score (nSPS) is 12.9. The number of amides is 1. The minimum absolute atomic E-state index is 0.134. The average molecular weight is 578 g/mol. The van der Waals surface area contributed by atoms with Crippen molar-refractivity contribution < 1.29 is 23.1 Å². The Balaban J connectivity index is 1.66. The van der Waals surface area contributed by atoms with Gasteiger partial charge in [0, 0.05) is 28.7 Å². The number of aliphatic hydroxyl groups is 1. The van der Waals surface area contributed by atoms with E-state index in [-0.39, 0.29) is 23.3 Å². The van der Waals surface area contributed by atoms with Crippen LogP contribution < -0.4 is 5.32 Å². The highest BCUT2D eigenvalue weighted by molar-refractivity contribution is 6.25. The predicted molar refractivity (Wildman–Crippen MR) is 158 cm³/mol. The summed E-state index contributed by atoms with van der Waals surface area (Å²) in [6, 6.07) is 19.6. The van der Waals surface area contributed by atoms with Gasteiger partial charge in [0.1, 0.15) is 11.6 Å². The summed E-state index contributed by atoms with van der Waals surface area (Å²) in [7, 11) is 0. The highest BCUT2D eigenvalue weighted by atomic mass is 35.5. The van der Waals surface area contributed by atoms with E-state index in [9.17, 15) is 23.1 Å². The molecule has 9 heteroatoms. The number of allylic oxidation sites excluding steroid dienone is 4. The van der Waals surface area contributed by atoms with Gasteiger partial charge in [0.15, 0.2) is 0 Å². The van der Waals surface area contributed by atoms with Gasteiger partial charge in [-0.15, -0.1) is 0 Å². The molecule has 0 saturated carbocycles. The Morgan fingerprint density at radius 2 is 1.76 bits per heavy atom. The third-order valence-electron chi connectivity index (χ3n) is 6.45. The van der Waals surface area contributed by atoms with Gasteiger partial charge >= 0.3 is 6.18 Å². The maximum absolute atomic E-state index is 13.2. The van der Waals surface area contributed by atoms with E-state index >= 15 is 0 Å². The molecular weight excluding hydrogens is 551 g/mol. The van der Waals surface area contributed by atoms with Crippen molar-refractivity contribution in [1.82, 2.24) is 15.3 Å². The van der Waals surface area contributed by atoms with E-state index in [2.05, 4.69) is 28.4 Å². The van der Waals surface area contributed by atoms with Crippen LogP contribution in [0.15, 0.2) is 104 Å². The molecule has 210 valence electrons. The zero-order valence-corrected chi connectivity index (χ0v) is 22.6. The highest BCUT2D eigenvalue weighted by Gasteiger charge is 2.29. The number of benzene rings is 3. The number of nitrogens with one attached hydrogen (secondary N) is 2. The standard InChI is InChI=1S/C32H27ClF3N3O2/c1-20(25(11-8-18-33)30-37-28-12-6-7-13-29(28)38-30)24-15-14-23(19-26(24)21(2)40)31(41)39-27(16-17-32(34,35)36)22-9-4-3-5-10-22/h3-15,18-19,27,40H,1-2,16-17H2,(H,37,38)(H,39,41)/b18-8-,25-11+. The molecule has 0 saturated heterocycles. The van der Waals surface area contributed by atoms with Crippen LogP contribution in [0.5, 0.6) is 0 Å². The molecule has 0 aliphatic heterocycles. The lowest BCUT2D eigenvalue weighted by atomic mass is 9.92. The molecule has 0 aliphatic rings. The Kier molecular flexibility index (Phi) is 9.14. The summed E-state index contributed by atoms with van der Waals surface area (Å²) in [6.45, 7) is 7.86. The minimum Gasteiger partial charge on any atom is -0.508 e. The molecule has 0 spiro atoms. The van der Waals surface area contributed by atoms with Crippen LogP contribution in [0.1, 0.15) is 51.8 Å². The quantitative estimate of drug-likeness (QED) is 0.130. The average Bonchev–Trinajstić information content (AvgIpc) is 3.38. The van der Waals surface area contributed by atoms with Crippen molar-refractivity contribution in [2.24, 2.45) is 0 Å². The molecule has 5 nitrogen and oxygen atoms in total. The third kappa shape index (κ3) is 7.35. The van der Waals surface area contributed by atoms with Gasteiger partial charge in [-0.2, -0.15) is 13.2 Å². The molecule has 41 heavy (non-hydrogen) atoms. The van der Waals surface area contributed by atoms with Crippen molar-refractivity contribution in [2.75, 3.05) is 0 Å². The Bertz CT molecular complexity index is 1610. The number of halogens is 4. The summed E-state index contributed by atoms with van der Waals surface area (Å²) < 4.78 is 39.0. The van der Waals surface area contributed by atoms with Crippen molar-refractivity contribution >= 4 is 45.4 Å². The van der Waals surface area contributed by atoms with Gasteiger partial charge in [-0.1, -0.05) is 79.4 Å². The number of aromatic nitrogens is 2. The fourth-order valence-electron chi connectivity index (χ4n) is 4.42. The minimum atomic E-state index is -4.37. The first kappa shape index (κ1) is 29.4. The van der Waals surface area contributed by atoms with Crippen molar-refractivity contribution in [3.8, 4) is 0 Å². The monoisotopic (exact) mass is 577 g/mol. The molecule has 0 fully saturated rings. The van der Waals surface area contributed by atoms with Crippen LogP contribution in [-0.2, 0) is 0 Å². The van der Waals surface area contributed by atoms with Crippen molar-refractivity contribution in [1.29, 1.82) is 0 Å². The summed E-state index contributed by atoms with van der Waals surface area (Å²) in [5.41, 5.74) is 5.31. The van der Waals surface area contributed by atoms with Gasteiger partial charge in [0.05, 0.1) is 17.1 Å². The zero-order valence-electron chi connectivity index (χ0n) is 21.9. The Morgan fingerprint density at radius 1 is 1.05 bits per heavy atom. The van der Waals surface area contributed by atoms with Crippen LogP contribution in [0.25, 0.3) is 27.9 Å². The number of aliphatic hydroxyl groups excluding tert-OH is 1. The van der Waals surface area contributed by atoms with Gasteiger partial charge in [-0.3, -0.25) is 4.79 Å². The number of carbonyl (C=O) groups is 1. The van der Waals surface area contributed by atoms with E-state index in [0.717, 1.165) is 11.0 Å². The molecule has 1 heterocycles. The Hall–Kier alpha value is -4.56. The number of fused-ring (bicyclic) bond motifs is 1. The van der Waals surface area contributed by atoms with Gasteiger partial charge in [-0.05, 0) is 53.5 Å². The molecule has 0 bridgehead atoms. The number of alkyl halides is 3.